The second-order valence-corrected chi connectivity index (χ2v) is 19.4. The first-order valence-electron chi connectivity index (χ1n) is 23.7. The van der Waals surface area contributed by atoms with Crippen LogP contribution in [0, 0.1) is 35.5 Å². The van der Waals surface area contributed by atoms with Gasteiger partial charge in [-0.25, -0.2) is 0 Å². The number of aliphatic hydroxyl groups excluding tert-OH is 1. The van der Waals surface area contributed by atoms with Crippen LogP contribution in [0.1, 0.15) is 85.5 Å². The normalized spacial score (nSPS) is 41.8. The molecule has 1 aromatic rings. The Balaban J connectivity index is 1.24. The molecule has 15 heteroatoms. The van der Waals surface area contributed by atoms with Crippen LogP contribution in [0.3, 0.4) is 0 Å². The summed E-state index contributed by atoms with van der Waals surface area (Å²) in [5.74, 6) is -1.05. The van der Waals surface area contributed by atoms with Gasteiger partial charge in [0.05, 0.1) is 57.2 Å². The standard InChI is InChI=1S/C49H76N2O13/c1-12-29-14-13-15-39(64-41-17-16-38(51(5)6)26(3)60-41)25(2)44(53)37-23-34-33-21-32(63-49-48(59-11)47(58-10)46(57-9)27(4)61-49)22-36(33)45(54)43(42(34)35(37)24-40(52)62-29)50-28-18-30(55-7)20-31(19-28)56-8/h18-20,23,25-27,29,32-36,38-39,41-43,45-50,54H,12-17,21-22,24H2,1-11H3/t25-,26?,27?,29+,32+,33+,34+,35-,36-,38+,39+,41+,42-,43-,45-,46+,47?,48+,49+/m1/s1. The van der Waals surface area contributed by atoms with Gasteiger partial charge in [0.15, 0.2) is 18.4 Å². The average molecular weight is 901 g/mol. The van der Waals surface area contributed by atoms with E-state index in [4.69, 9.17) is 47.4 Å². The first-order valence-corrected chi connectivity index (χ1v) is 23.7. The number of hydrogen-bond acceptors (Lipinski definition) is 15. The first kappa shape index (κ1) is 49.1. The molecule has 7 rings (SSSR count). The van der Waals surface area contributed by atoms with Gasteiger partial charge < -0.3 is 62.7 Å². The number of likely N-dealkylation sites (N-methyl/N-ethyl adjacent to an activating group) is 1. The Morgan fingerprint density at radius 2 is 1.50 bits per heavy atom. The zero-order chi connectivity index (χ0) is 46.0. The number of fused-ring (bicyclic) bond motifs is 5. The molecular weight excluding hydrogens is 825 g/mol. The van der Waals surface area contributed by atoms with E-state index in [-0.39, 0.29) is 78.4 Å². The van der Waals surface area contributed by atoms with Crippen molar-refractivity contribution in [2.24, 2.45) is 35.5 Å². The van der Waals surface area contributed by atoms with Gasteiger partial charge in [0.25, 0.3) is 0 Å². The summed E-state index contributed by atoms with van der Waals surface area (Å²) in [7, 11) is 12.2. The Kier molecular flexibility index (Phi) is 16.4. The lowest BCUT2D eigenvalue weighted by atomic mass is 9.62. The summed E-state index contributed by atoms with van der Waals surface area (Å²) in [5.41, 5.74) is 1.30. The van der Waals surface area contributed by atoms with Gasteiger partial charge in [0.2, 0.25) is 0 Å². The average Bonchev–Trinajstić information content (AvgIpc) is 3.87. The third-order valence-electron chi connectivity index (χ3n) is 15.6. The Hall–Kier alpha value is -2.86. The SMILES string of the molecule is CC[C@H]1CCC[C@H](O[C@H]2CC[C@H](N(C)C)C(C)O2)[C@@H](C)C(=O)C2=C[C@H]3[C@@H]4C[C@H](O[C@@H]5OC(C)[C@H](OC)C(OC)[C@@H]5OC)C[C@H]4[C@@H](O)[C@H](Nc4cc(OC)cc(OC)c4)[C@H]3[C@@H]2CC(=O)O1. The van der Waals surface area contributed by atoms with Crippen LogP contribution in [0.4, 0.5) is 5.69 Å². The molecular formula is C49H76N2O13. The largest absolute Gasteiger partial charge is 0.497 e. The third-order valence-corrected chi connectivity index (χ3v) is 15.6. The molecule has 3 heterocycles. The summed E-state index contributed by atoms with van der Waals surface area (Å²) < 4.78 is 61.6. The number of Topliss-reactive ketones (excluding diaryl/α,β-unsaturated/α-hetero) is 1. The first-order chi connectivity index (χ1) is 30.7. The molecule has 0 bridgehead atoms. The molecule has 2 saturated carbocycles. The van der Waals surface area contributed by atoms with Crippen LogP contribution in [-0.2, 0) is 47.5 Å². The van der Waals surface area contributed by atoms with Crippen LogP contribution in [0.5, 0.6) is 11.5 Å². The summed E-state index contributed by atoms with van der Waals surface area (Å²) in [5, 5.41) is 16.4. The number of hydrogen-bond donors (Lipinski definition) is 2. The minimum atomic E-state index is -0.875. The fourth-order valence-corrected chi connectivity index (χ4v) is 12.3. The molecule has 15 nitrogen and oxygen atoms in total. The number of carbonyl (C=O) groups is 2. The maximum Gasteiger partial charge on any atom is 0.306 e. The van der Waals surface area contributed by atoms with Gasteiger partial charge in [-0.05, 0) is 109 Å². The second kappa shape index (κ2) is 21.4. The van der Waals surface area contributed by atoms with E-state index in [1.165, 1.54) is 0 Å². The quantitative estimate of drug-likeness (QED) is 0.229. The van der Waals surface area contributed by atoms with Crippen molar-refractivity contribution >= 4 is 17.4 Å². The molecule has 0 spiro atoms. The van der Waals surface area contributed by atoms with Gasteiger partial charge in [-0.2, -0.15) is 0 Å². The number of nitrogens with one attached hydrogen (secondary N) is 1. The molecule has 360 valence electrons. The third kappa shape index (κ3) is 10.2. The van der Waals surface area contributed by atoms with E-state index in [0.29, 0.717) is 54.9 Å². The van der Waals surface area contributed by atoms with Crippen LogP contribution in [-0.4, -0.2) is 151 Å². The lowest BCUT2D eigenvalue weighted by molar-refractivity contribution is -0.314. The fourth-order valence-electron chi connectivity index (χ4n) is 12.3. The van der Waals surface area contributed by atoms with Crippen LogP contribution in [0.15, 0.2) is 29.8 Å². The van der Waals surface area contributed by atoms with E-state index in [0.717, 1.165) is 19.3 Å². The summed E-state index contributed by atoms with van der Waals surface area (Å²) >= 11 is 0. The molecule has 6 aliphatic rings. The highest BCUT2D eigenvalue weighted by Crippen LogP contribution is 2.58. The van der Waals surface area contributed by atoms with E-state index in [1.807, 2.05) is 32.9 Å². The van der Waals surface area contributed by atoms with Crippen molar-refractivity contribution < 1.29 is 62.1 Å². The Morgan fingerprint density at radius 1 is 0.812 bits per heavy atom. The molecule has 0 amide bonds. The maximum atomic E-state index is 15.3. The van der Waals surface area contributed by atoms with Crippen LogP contribution < -0.4 is 14.8 Å². The minimum Gasteiger partial charge on any atom is -0.497 e. The number of carbonyl (C=O) groups excluding carboxylic acids is 2. The van der Waals surface area contributed by atoms with E-state index in [2.05, 4.69) is 37.3 Å². The Morgan fingerprint density at radius 3 is 2.12 bits per heavy atom. The van der Waals surface area contributed by atoms with Crippen LogP contribution >= 0.6 is 0 Å². The van der Waals surface area contributed by atoms with E-state index in [1.54, 1.807) is 41.6 Å². The zero-order valence-electron chi connectivity index (χ0n) is 39.9. The van der Waals surface area contributed by atoms with Crippen molar-refractivity contribution in [2.45, 2.75) is 165 Å². The number of benzene rings is 1. The molecule has 3 aliphatic carbocycles. The topological polar surface area (TPSA) is 162 Å². The molecule has 5 fully saturated rings. The minimum absolute atomic E-state index is 0.00863. The van der Waals surface area contributed by atoms with Gasteiger partial charge in [0, 0.05) is 63.1 Å². The lowest BCUT2D eigenvalue weighted by Crippen LogP contribution is -2.59. The molecule has 3 unspecified atom stereocenters. The number of esters is 1. The van der Waals surface area contributed by atoms with Gasteiger partial charge in [-0.1, -0.05) is 19.9 Å². The predicted octanol–water partition coefficient (Wildman–Crippen LogP) is 5.79. The second-order valence-electron chi connectivity index (χ2n) is 19.4. The highest BCUT2D eigenvalue weighted by Gasteiger charge is 2.60. The molecule has 0 radical (unpaired) electrons. The molecule has 3 saturated heterocycles. The van der Waals surface area contributed by atoms with Gasteiger partial charge in [-0.15, -0.1) is 0 Å². The lowest BCUT2D eigenvalue weighted by Gasteiger charge is -2.47. The fraction of sp³-hybridized carbons (Fsp3) is 0.796. The van der Waals surface area contributed by atoms with Gasteiger partial charge in [-0.3, -0.25) is 9.59 Å². The maximum absolute atomic E-state index is 15.3. The van der Waals surface area contributed by atoms with Gasteiger partial charge >= 0.3 is 5.97 Å². The van der Waals surface area contributed by atoms with Crippen molar-refractivity contribution in [1.29, 1.82) is 0 Å². The number of ether oxygens (including phenoxy) is 10. The van der Waals surface area contributed by atoms with Crippen molar-refractivity contribution in [3.05, 3.63) is 29.8 Å². The summed E-state index contributed by atoms with van der Waals surface area (Å²) in [6.45, 7) is 8.03. The summed E-state index contributed by atoms with van der Waals surface area (Å²) in [6, 6.07) is 5.26. The monoisotopic (exact) mass is 901 g/mol. The summed E-state index contributed by atoms with van der Waals surface area (Å²) in [4.78, 5) is 31.6. The number of nitrogens with zero attached hydrogens (tertiary/aromatic N) is 1. The van der Waals surface area contributed by atoms with Gasteiger partial charge in [0.1, 0.15) is 35.9 Å². The predicted molar refractivity (Wildman–Crippen MR) is 238 cm³/mol. The Labute approximate surface area is 380 Å². The molecule has 1 aromatic carbocycles. The molecule has 3 aliphatic heterocycles. The van der Waals surface area contributed by atoms with Crippen molar-refractivity contribution in [3.63, 3.8) is 0 Å². The number of anilines is 1. The van der Waals surface area contributed by atoms with Crippen molar-refractivity contribution in [1.82, 2.24) is 4.90 Å². The Bertz CT molecular complexity index is 1740. The molecule has 2 N–H and O–H groups in total. The highest BCUT2D eigenvalue weighted by atomic mass is 16.7. The van der Waals surface area contributed by atoms with Crippen molar-refractivity contribution in [2.75, 3.05) is 55.0 Å². The summed E-state index contributed by atoms with van der Waals surface area (Å²) in [6.07, 6.45) is 2.98. The number of methoxy groups -OCH3 is 5. The molecule has 19 atom stereocenters. The van der Waals surface area contributed by atoms with Crippen LogP contribution in [0.2, 0.25) is 0 Å². The van der Waals surface area contributed by atoms with E-state index >= 15 is 4.79 Å². The number of rotatable bonds is 13. The van der Waals surface area contributed by atoms with E-state index in [9.17, 15) is 9.90 Å². The smallest absolute Gasteiger partial charge is 0.306 e. The number of allylic oxidation sites excluding steroid dienone is 2. The number of aliphatic hydroxyl groups is 1. The number of cyclic esters (lactones) is 1. The zero-order valence-corrected chi connectivity index (χ0v) is 39.9. The molecule has 64 heavy (non-hydrogen) atoms. The highest BCUT2D eigenvalue weighted by molar-refractivity contribution is 5.99. The number of ketones is 1. The molecule has 0 aromatic heterocycles. The van der Waals surface area contributed by atoms with Crippen LogP contribution in [0.25, 0.3) is 0 Å². The van der Waals surface area contributed by atoms with E-state index < -0.39 is 54.9 Å². The van der Waals surface area contributed by atoms with Crippen molar-refractivity contribution in [3.8, 4) is 11.5 Å².